The lowest BCUT2D eigenvalue weighted by Crippen LogP contribution is -2.26. The van der Waals surface area contributed by atoms with Crippen LogP contribution >= 0.6 is 0 Å². The van der Waals surface area contributed by atoms with Crippen molar-refractivity contribution >= 4 is 5.69 Å². The number of halogens is 2. The van der Waals surface area contributed by atoms with E-state index in [0.717, 1.165) is 17.7 Å². The number of ether oxygens (including phenoxy) is 1. The van der Waals surface area contributed by atoms with Gasteiger partial charge in [0, 0.05) is 18.3 Å². The molecule has 21 heavy (non-hydrogen) atoms. The van der Waals surface area contributed by atoms with Crippen LogP contribution in [-0.2, 0) is 0 Å². The Labute approximate surface area is 122 Å². The van der Waals surface area contributed by atoms with Crippen molar-refractivity contribution in [3.8, 4) is 5.75 Å². The number of rotatable bonds is 6. The number of aliphatic hydroxyl groups excluding tert-OH is 1. The van der Waals surface area contributed by atoms with Gasteiger partial charge in [0.25, 0.3) is 0 Å². The number of benzene rings is 2. The second-order valence-electron chi connectivity index (χ2n) is 4.79. The largest absolute Gasteiger partial charge is 0.491 e. The van der Waals surface area contributed by atoms with Gasteiger partial charge < -0.3 is 15.2 Å². The average molecular weight is 293 g/mol. The van der Waals surface area contributed by atoms with Crippen LogP contribution in [0.3, 0.4) is 0 Å². The molecular weight excluding hydrogens is 276 g/mol. The van der Waals surface area contributed by atoms with E-state index in [4.69, 9.17) is 4.74 Å². The number of aryl methyl sites for hydroxylation is 1. The molecule has 2 aromatic rings. The molecule has 2 aromatic carbocycles. The number of hydrogen-bond donors (Lipinski definition) is 2. The minimum atomic E-state index is -0.926. The highest BCUT2D eigenvalue weighted by Gasteiger charge is 2.07. The fourth-order valence-corrected chi connectivity index (χ4v) is 1.73. The molecule has 0 amide bonds. The zero-order valence-corrected chi connectivity index (χ0v) is 11.6. The summed E-state index contributed by atoms with van der Waals surface area (Å²) in [5.41, 5.74) is 1.53. The highest BCUT2D eigenvalue weighted by atomic mass is 19.2. The van der Waals surface area contributed by atoms with Gasteiger partial charge in [-0.05, 0) is 31.2 Å². The van der Waals surface area contributed by atoms with Gasteiger partial charge in [0.2, 0.25) is 0 Å². The molecule has 1 atom stereocenters. The molecule has 0 heterocycles. The molecule has 5 heteroatoms. The van der Waals surface area contributed by atoms with Gasteiger partial charge in [-0.2, -0.15) is 0 Å². The first-order valence-corrected chi connectivity index (χ1v) is 6.61. The van der Waals surface area contributed by atoms with Crippen molar-refractivity contribution in [2.45, 2.75) is 13.0 Å². The van der Waals surface area contributed by atoms with Gasteiger partial charge in [-0.3, -0.25) is 0 Å². The molecule has 2 N–H and O–H groups in total. The van der Waals surface area contributed by atoms with E-state index in [1.54, 1.807) is 0 Å². The standard InChI is InChI=1S/C16H17F2NO2/c1-11-2-5-14(6-3-11)21-10-13(20)9-19-12-4-7-15(17)16(18)8-12/h2-8,13,19-20H,9-10H2,1H3. The molecule has 0 fully saturated rings. The summed E-state index contributed by atoms with van der Waals surface area (Å²) in [6, 6.07) is 11.0. The van der Waals surface area contributed by atoms with Gasteiger partial charge in [-0.1, -0.05) is 17.7 Å². The number of hydrogen-bond acceptors (Lipinski definition) is 3. The molecule has 0 spiro atoms. The summed E-state index contributed by atoms with van der Waals surface area (Å²) < 4.78 is 31.2. The molecule has 1 unspecified atom stereocenters. The first kappa shape index (κ1) is 15.3. The Morgan fingerprint density at radius 3 is 2.48 bits per heavy atom. The summed E-state index contributed by atoms with van der Waals surface area (Å²) in [6.45, 7) is 2.26. The zero-order chi connectivity index (χ0) is 15.2. The van der Waals surface area contributed by atoms with E-state index in [1.807, 2.05) is 31.2 Å². The van der Waals surface area contributed by atoms with Crippen molar-refractivity contribution in [2.24, 2.45) is 0 Å². The Morgan fingerprint density at radius 1 is 1.10 bits per heavy atom. The Morgan fingerprint density at radius 2 is 1.81 bits per heavy atom. The quantitative estimate of drug-likeness (QED) is 0.860. The van der Waals surface area contributed by atoms with Crippen molar-refractivity contribution < 1.29 is 18.6 Å². The maximum absolute atomic E-state index is 13.0. The molecule has 0 saturated heterocycles. The van der Waals surface area contributed by atoms with Gasteiger partial charge >= 0.3 is 0 Å². The van der Waals surface area contributed by atoms with Crippen LogP contribution in [-0.4, -0.2) is 24.4 Å². The van der Waals surface area contributed by atoms with Gasteiger partial charge in [0.1, 0.15) is 18.5 Å². The van der Waals surface area contributed by atoms with Crippen molar-refractivity contribution in [1.29, 1.82) is 0 Å². The van der Waals surface area contributed by atoms with Crippen LogP contribution in [0.15, 0.2) is 42.5 Å². The monoisotopic (exact) mass is 293 g/mol. The predicted octanol–water partition coefficient (Wildman–Crippen LogP) is 3.13. The number of anilines is 1. The van der Waals surface area contributed by atoms with E-state index >= 15 is 0 Å². The summed E-state index contributed by atoms with van der Waals surface area (Å²) >= 11 is 0. The lowest BCUT2D eigenvalue weighted by molar-refractivity contribution is 0.117. The number of aliphatic hydroxyl groups is 1. The molecule has 0 aliphatic heterocycles. The molecule has 3 nitrogen and oxygen atoms in total. The van der Waals surface area contributed by atoms with Gasteiger partial charge in [0.05, 0.1) is 0 Å². The van der Waals surface area contributed by atoms with Crippen molar-refractivity contribution in [3.05, 3.63) is 59.7 Å². The SMILES string of the molecule is Cc1ccc(OCC(O)CNc2ccc(F)c(F)c2)cc1. The minimum Gasteiger partial charge on any atom is -0.491 e. The molecule has 112 valence electrons. The second kappa shape index (κ2) is 7.04. The van der Waals surface area contributed by atoms with E-state index in [9.17, 15) is 13.9 Å². The molecule has 0 bridgehead atoms. The van der Waals surface area contributed by atoms with E-state index in [2.05, 4.69) is 5.32 Å². The molecule has 0 radical (unpaired) electrons. The van der Waals surface area contributed by atoms with Crippen LogP contribution < -0.4 is 10.1 Å². The van der Waals surface area contributed by atoms with Crippen LogP contribution in [0.1, 0.15) is 5.56 Å². The summed E-state index contributed by atoms with van der Waals surface area (Å²) in [7, 11) is 0. The summed E-state index contributed by atoms with van der Waals surface area (Å²) in [5, 5.41) is 12.6. The van der Waals surface area contributed by atoms with Crippen LogP contribution in [0.5, 0.6) is 5.75 Å². The normalized spacial score (nSPS) is 12.0. The molecule has 2 rings (SSSR count). The Kier molecular flexibility index (Phi) is 5.11. The summed E-state index contributed by atoms with van der Waals surface area (Å²) in [4.78, 5) is 0. The lowest BCUT2D eigenvalue weighted by Gasteiger charge is -2.14. The molecular formula is C16H17F2NO2. The fraction of sp³-hybridized carbons (Fsp3) is 0.250. The number of nitrogens with one attached hydrogen (secondary N) is 1. The maximum Gasteiger partial charge on any atom is 0.160 e. The minimum absolute atomic E-state index is 0.111. The molecule has 0 aliphatic carbocycles. The smallest absolute Gasteiger partial charge is 0.160 e. The average Bonchev–Trinajstić information content (AvgIpc) is 2.48. The topological polar surface area (TPSA) is 41.5 Å². The second-order valence-corrected chi connectivity index (χ2v) is 4.79. The van der Waals surface area contributed by atoms with Gasteiger partial charge in [-0.15, -0.1) is 0 Å². The van der Waals surface area contributed by atoms with E-state index in [-0.39, 0.29) is 13.2 Å². The zero-order valence-electron chi connectivity index (χ0n) is 11.6. The predicted molar refractivity (Wildman–Crippen MR) is 77.5 cm³/mol. The van der Waals surface area contributed by atoms with Crippen LogP contribution in [0.2, 0.25) is 0 Å². The van der Waals surface area contributed by atoms with Crippen LogP contribution in [0.25, 0.3) is 0 Å². The Hall–Kier alpha value is -2.14. The highest BCUT2D eigenvalue weighted by Crippen LogP contribution is 2.14. The first-order chi connectivity index (χ1) is 10.0. The highest BCUT2D eigenvalue weighted by molar-refractivity contribution is 5.43. The van der Waals surface area contributed by atoms with E-state index in [1.165, 1.54) is 6.07 Å². The fourth-order valence-electron chi connectivity index (χ4n) is 1.73. The molecule has 0 saturated carbocycles. The summed E-state index contributed by atoms with van der Waals surface area (Å²) in [5.74, 6) is -1.15. The van der Waals surface area contributed by atoms with Crippen molar-refractivity contribution in [2.75, 3.05) is 18.5 Å². The van der Waals surface area contributed by atoms with Gasteiger partial charge in [-0.25, -0.2) is 8.78 Å². The van der Waals surface area contributed by atoms with Crippen LogP contribution in [0.4, 0.5) is 14.5 Å². The van der Waals surface area contributed by atoms with E-state index in [0.29, 0.717) is 11.4 Å². The lowest BCUT2D eigenvalue weighted by atomic mass is 10.2. The third-order valence-corrected chi connectivity index (χ3v) is 2.92. The molecule has 0 aromatic heterocycles. The first-order valence-electron chi connectivity index (χ1n) is 6.61. The third-order valence-electron chi connectivity index (χ3n) is 2.92. The Bertz CT molecular complexity index is 587. The van der Waals surface area contributed by atoms with Crippen LogP contribution in [0, 0.1) is 18.6 Å². The van der Waals surface area contributed by atoms with Crippen molar-refractivity contribution in [1.82, 2.24) is 0 Å². The third kappa shape index (κ3) is 4.72. The summed E-state index contributed by atoms with van der Waals surface area (Å²) in [6.07, 6.45) is -0.764. The van der Waals surface area contributed by atoms with E-state index < -0.39 is 17.7 Å². The van der Waals surface area contributed by atoms with Crippen molar-refractivity contribution in [3.63, 3.8) is 0 Å². The Balaban J connectivity index is 1.77. The molecule has 0 aliphatic rings. The maximum atomic E-state index is 13.0. The van der Waals surface area contributed by atoms with Gasteiger partial charge in [0.15, 0.2) is 11.6 Å².